The zero-order chi connectivity index (χ0) is 19.4. The van der Waals surface area contributed by atoms with E-state index in [1.165, 1.54) is 0 Å². The number of hydrogen-bond acceptors (Lipinski definition) is 5. The van der Waals surface area contributed by atoms with E-state index >= 15 is 0 Å². The summed E-state index contributed by atoms with van der Waals surface area (Å²) >= 11 is 1.64. The number of thiazole rings is 1. The minimum Gasteiger partial charge on any atom is -0.329 e. The fourth-order valence-electron chi connectivity index (χ4n) is 3.06. The molecule has 1 aliphatic heterocycles. The molecule has 0 radical (unpaired) electrons. The Morgan fingerprint density at radius 1 is 1.30 bits per heavy atom. The van der Waals surface area contributed by atoms with Gasteiger partial charge in [0.15, 0.2) is 0 Å². The molecule has 0 saturated carbocycles. The van der Waals surface area contributed by atoms with Crippen LogP contribution < -0.4 is 10.6 Å². The molecule has 3 amide bonds. The van der Waals surface area contributed by atoms with Gasteiger partial charge < -0.3 is 5.32 Å². The summed E-state index contributed by atoms with van der Waals surface area (Å²) in [5, 5.41) is 4.57. The predicted molar refractivity (Wildman–Crippen MR) is 95.6 cm³/mol. The van der Waals surface area contributed by atoms with Gasteiger partial charge in [-0.1, -0.05) is 12.1 Å². The number of imide groups is 1. The molecule has 1 atom stereocenters. The number of piperidine rings is 1. The summed E-state index contributed by atoms with van der Waals surface area (Å²) in [6.45, 7) is -0.202. The maximum atomic E-state index is 12.1. The number of nitrogens with zero attached hydrogens (tertiary/aromatic N) is 2. The Morgan fingerprint density at radius 2 is 2.07 bits per heavy atom. The van der Waals surface area contributed by atoms with E-state index in [1.54, 1.807) is 16.7 Å². The van der Waals surface area contributed by atoms with Crippen molar-refractivity contribution in [2.45, 2.75) is 24.9 Å². The van der Waals surface area contributed by atoms with Crippen molar-refractivity contribution in [3.8, 4) is 0 Å². The summed E-state index contributed by atoms with van der Waals surface area (Å²) in [7, 11) is 0. The van der Waals surface area contributed by atoms with Crippen LogP contribution in [0.15, 0.2) is 24.3 Å². The molecule has 0 bridgehead atoms. The van der Waals surface area contributed by atoms with Gasteiger partial charge in [0.25, 0.3) is 0 Å². The molecule has 1 aromatic heterocycles. The molecule has 0 unspecified atom stereocenters. The van der Waals surface area contributed by atoms with Gasteiger partial charge in [0.05, 0.1) is 21.8 Å². The Morgan fingerprint density at radius 3 is 2.81 bits per heavy atom. The molecule has 6 nitrogen and oxygen atoms in total. The van der Waals surface area contributed by atoms with Crippen LogP contribution in [0.3, 0.4) is 0 Å². The van der Waals surface area contributed by atoms with Gasteiger partial charge in [-0.3, -0.25) is 15.0 Å². The highest BCUT2D eigenvalue weighted by Gasteiger charge is 2.29. The van der Waals surface area contributed by atoms with Gasteiger partial charge in [0.1, 0.15) is 6.54 Å². The van der Waals surface area contributed by atoms with Crippen molar-refractivity contribution in [2.75, 3.05) is 26.2 Å². The third-order valence-electron chi connectivity index (χ3n) is 4.23. The standard InChI is InChI=1S/C17H19F3N4O2S/c18-17(19,20)10-21-16(26)23-14(25)9-24-7-3-4-11(8-24)15-22-12-5-1-2-6-13(12)27-15/h1-2,5-6,11H,3-4,7-10H2,(H2,21,23,25,26)/t11-/m0/s1. The lowest BCUT2D eigenvalue weighted by molar-refractivity contribution is -0.125. The molecular weight excluding hydrogens is 381 g/mol. The van der Waals surface area contributed by atoms with Gasteiger partial charge >= 0.3 is 12.2 Å². The van der Waals surface area contributed by atoms with Crippen LogP contribution in [0, 0.1) is 0 Å². The molecule has 10 heteroatoms. The van der Waals surface area contributed by atoms with Crippen LogP contribution in [0.5, 0.6) is 0 Å². The molecule has 146 valence electrons. The average Bonchev–Trinajstić information content (AvgIpc) is 3.04. The molecule has 3 rings (SSSR count). The zero-order valence-corrected chi connectivity index (χ0v) is 15.2. The molecule has 0 aliphatic carbocycles. The number of likely N-dealkylation sites (tertiary alicyclic amines) is 1. The van der Waals surface area contributed by atoms with Crippen molar-refractivity contribution in [3.63, 3.8) is 0 Å². The molecule has 0 spiro atoms. The van der Waals surface area contributed by atoms with Crippen molar-refractivity contribution in [3.05, 3.63) is 29.3 Å². The molecule has 1 aromatic carbocycles. The van der Waals surface area contributed by atoms with Gasteiger partial charge in [0.2, 0.25) is 5.91 Å². The Hall–Kier alpha value is -2.20. The highest BCUT2D eigenvalue weighted by Crippen LogP contribution is 2.32. The quantitative estimate of drug-likeness (QED) is 0.828. The van der Waals surface area contributed by atoms with Crippen LogP contribution in [0.1, 0.15) is 23.8 Å². The summed E-state index contributed by atoms with van der Waals surface area (Å²) in [5.41, 5.74) is 0.953. The number of halogens is 3. The van der Waals surface area contributed by atoms with Crippen molar-refractivity contribution in [2.24, 2.45) is 0 Å². The molecule has 2 N–H and O–H groups in total. The molecule has 2 aromatic rings. The van der Waals surface area contributed by atoms with Crippen molar-refractivity contribution in [1.82, 2.24) is 20.5 Å². The van der Waals surface area contributed by atoms with Crippen LogP contribution in [-0.2, 0) is 4.79 Å². The monoisotopic (exact) mass is 400 g/mol. The van der Waals surface area contributed by atoms with E-state index in [0.29, 0.717) is 13.1 Å². The molecule has 1 saturated heterocycles. The van der Waals surface area contributed by atoms with E-state index in [9.17, 15) is 22.8 Å². The van der Waals surface area contributed by atoms with E-state index in [1.807, 2.05) is 34.5 Å². The number of carbonyl (C=O) groups excluding carboxylic acids is 2. The van der Waals surface area contributed by atoms with Crippen LogP contribution in [0.4, 0.5) is 18.0 Å². The van der Waals surface area contributed by atoms with Gasteiger partial charge in [-0.05, 0) is 31.5 Å². The van der Waals surface area contributed by atoms with Crippen LogP contribution in [0.25, 0.3) is 10.2 Å². The molecule has 2 heterocycles. The van der Waals surface area contributed by atoms with Gasteiger partial charge in [-0.2, -0.15) is 13.2 Å². The second-order valence-electron chi connectivity index (χ2n) is 6.44. The summed E-state index contributed by atoms with van der Waals surface area (Å²) in [6, 6.07) is 6.74. The first kappa shape index (κ1) is 19.6. The summed E-state index contributed by atoms with van der Waals surface area (Å²) in [6.07, 6.45) is -2.67. The first-order chi connectivity index (χ1) is 12.8. The van der Waals surface area contributed by atoms with Gasteiger partial charge in [-0.25, -0.2) is 9.78 Å². The Labute approximate surface area is 157 Å². The van der Waals surface area contributed by atoms with Crippen LogP contribution in [-0.4, -0.2) is 54.2 Å². The number of urea groups is 1. The molecule has 1 aliphatic rings. The van der Waals surface area contributed by atoms with Crippen molar-refractivity contribution < 1.29 is 22.8 Å². The minimum atomic E-state index is -4.52. The lowest BCUT2D eigenvalue weighted by Crippen LogP contribution is -2.48. The second kappa shape index (κ2) is 8.22. The normalized spacial score (nSPS) is 18.4. The number of amides is 3. The highest BCUT2D eigenvalue weighted by atomic mass is 32.1. The number of carbonyl (C=O) groups is 2. The molecular formula is C17H19F3N4O2S. The lowest BCUT2D eigenvalue weighted by Gasteiger charge is -2.31. The average molecular weight is 400 g/mol. The van der Waals surface area contributed by atoms with Gasteiger partial charge in [0, 0.05) is 12.5 Å². The van der Waals surface area contributed by atoms with E-state index in [0.717, 1.165) is 28.1 Å². The number of para-hydroxylation sites is 1. The Balaban J connectivity index is 1.52. The number of nitrogens with one attached hydrogen (secondary N) is 2. The maximum absolute atomic E-state index is 12.1. The highest BCUT2D eigenvalue weighted by molar-refractivity contribution is 7.18. The molecule has 27 heavy (non-hydrogen) atoms. The second-order valence-corrected chi connectivity index (χ2v) is 7.50. The number of hydrogen-bond donors (Lipinski definition) is 2. The smallest absolute Gasteiger partial charge is 0.329 e. The number of rotatable bonds is 4. The lowest BCUT2D eigenvalue weighted by atomic mass is 9.99. The Bertz CT molecular complexity index is 791. The summed E-state index contributed by atoms with van der Waals surface area (Å²) in [4.78, 5) is 29.8. The number of fused-ring (bicyclic) bond motifs is 1. The van der Waals surface area contributed by atoms with Gasteiger partial charge in [-0.15, -0.1) is 11.3 Å². The fraction of sp³-hybridized carbons (Fsp3) is 0.471. The fourth-order valence-corrected chi connectivity index (χ4v) is 4.15. The third-order valence-corrected chi connectivity index (χ3v) is 5.43. The zero-order valence-electron chi connectivity index (χ0n) is 14.4. The SMILES string of the molecule is O=C(CN1CCC[C@H](c2nc3ccccc3s2)C1)NC(=O)NCC(F)(F)F. The van der Waals surface area contributed by atoms with Crippen molar-refractivity contribution in [1.29, 1.82) is 0 Å². The van der Waals surface area contributed by atoms with Crippen molar-refractivity contribution >= 4 is 33.5 Å². The minimum absolute atomic E-state index is 0.0408. The van der Waals surface area contributed by atoms with E-state index in [2.05, 4.69) is 4.98 Å². The largest absolute Gasteiger partial charge is 0.405 e. The Kier molecular flexibility index (Phi) is 5.95. The van der Waals surface area contributed by atoms with E-state index < -0.39 is 24.7 Å². The number of alkyl halides is 3. The summed E-state index contributed by atoms with van der Waals surface area (Å²) in [5.74, 6) is -0.428. The maximum Gasteiger partial charge on any atom is 0.405 e. The number of benzene rings is 1. The van der Waals surface area contributed by atoms with Crippen LogP contribution >= 0.6 is 11.3 Å². The third kappa shape index (κ3) is 5.64. The first-order valence-corrected chi connectivity index (χ1v) is 9.34. The van der Waals surface area contributed by atoms with Crippen LogP contribution in [0.2, 0.25) is 0 Å². The topological polar surface area (TPSA) is 74.3 Å². The summed E-state index contributed by atoms with van der Waals surface area (Å²) < 4.78 is 37.3. The van der Waals surface area contributed by atoms with E-state index in [4.69, 9.17) is 0 Å². The van der Waals surface area contributed by atoms with E-state index in [-0.39, 0.29) is 12.5 Å². The predicted octanol–water partition coefficient (Wildman–Crippen LogP) is 2.86. The number of aromatic nitrogens is 1. The first-order valence-electron chi connectivity index (χ1n) is 8.52. The molecule has 1 fully saturated rings.